The lowest BCUT2D eigenvalue weighted by Crippen LogP contribution is -2.36. The first-order chi connectivity index (χ1) is 10.6. The van der Waals surface area contributed by atoms with Crippen LogP contribution >= 0.6 is 0 Å². The molecule has 0 unspecified atom stereocenters. The van der Waals surface area contributed by atoms with Gasteiger partial charge >= 0.3 is 5.97 Å². The Labute approximate surface area is 128 Å². The average molecular weight is 309 g/mol. The van der Waals surface area contributed by atoms with Gasteiger partial charge in [-0.3, -0.25) is 4.79 Å². The molecule has 0 spiro atoms. The number of ether oxygens (including phenoxy) is 3. The Hall–Kier alpha value is -2.12. The predicted octanol–water partition coefficient (Wildman–Crippen LogP) is 1.78. The Morgan fingerprint density at radius 2 is 1.95 bits per heavy atom. The number of rotatable bonds is 9. The summed E-state index contributed by atoms with van der Waals surface area (Å²) >= 11 is 0. The standard InChI is InChI=1S/C14H19N3O5/c1-20-12(21-2)8-11(18)13(16-17-15)14(19)22-9-10-6-4-3-5-7-10/h3-7,11-13,18H,8-9H2,1-2H3/t11-,13-/m0/s1. The molecule has 0 saturated carbocycles. The van der Waals surface area contributed by atoms with Gasteiger partial charge in [-0.2, -0.15) is 0 Å². The maximum Gasteiger partial charge on any atom is 0.317 e. The molecular weight excluding hydrogens is 290 g/mol. The number of azide groups is 1. The molecule has 120 valence electrons. The quantitative estimate of drug-likeness (QED) is 0.245. The summed E-state index contributed by atoms with van der Waals surface area (Å²) in [5.74, 6) is -0.805. The zero-order valence-corrected chi connectivity index (χ0v) is 12.5. The summed E-state index contributed by atoms with van der Waals surface area (Å²) in [6, 6.07) is 7.68. The predicted molar refractivity (Wildman–Crippen MR) is 77.6 cm³/mol. The van der Waals surface area contributed by atoms with Crippen molar-refractivity contribution in [3.8, 4) is 0 Å². The Morgan fingerprint density at radius 1 is 1.32 bits per heavy atom. The molecule has 1 aromatic rings. The van der Waals surface area contributed by atoms with E-state index in [1.807, 2.05) is 18.2 Å². The normalized spacial score (nSPS) is 13.3. The summed E-state index contributed by atoms with van der Waals surface area (Å²) in [6.07, 6.45) is -2.02. The minimum atomic E-state index is -1.36. The molecule has 0 aliphatic heterocycles. The van der Waals surface area contributed by atoms with E-state index in [0.29, 0.717) is 0 Å². The molecule has 0 amide bonds. The number of aliphatic hydroxyl groups is 1. The summed E-state index contributed by atoms with van der Waals surface area (Å²) in [7, 11) is 2.80. The summed E-state index contributed by atoms with van der Waals surface area (Å²) in [6.45, 7) is 0.0296. The second kappa shape index (κ2) is 9.75. The molecule has 0 bridgehead atoms. The van der Waals surface area contributed by atoms with E-state index in [2.05, 4.69) is 10.0 Å². The maximum absolute atomic E-state index is 12.0. The van der Waals surface area contributed by atoms with Crippen molar-refractivity contribution in [2.24, 2.45) is 5.11 Å². The van der Waals surface area contributed by atoms with E-state index in [0.717, 1.165) is 5.56 Å². The number of benzene rings is 1. The summed E-state index contributed by atoms with van der Waals surface area (Å²) < 4.78 is 14.9. The van der Waals surface area contributed by atoms with Gasteiger partial charge in [-0.05, 0) is 11.1 Å². The van der Waals surface area contributed by atoms with Crippen molar-refractivity contribution in [3.05, 3.63) is 46.3 Å². The minimum absolute atomic E-state index is 0.0296. The second-order valence-corrected chi connectivity index (χ2v) is 4.45. The van der Waals surface area contributed by atoms with Gasteiger partial charge in [0.25, 0.3) is 0 Å². The first-order valence-electron chi connectivity index (χ1n) is 6.60. The number of esters is 1. The van der Waals surface area contributed by atoms with Gasteiger partial charge in [0.1, 0.15) is 6.61 Å². The van der Waals surface area contributed by atoms with Crippen LogP contribution in [0.1, 0.15) is 12.0 Å². The van der Waals surface area contributed by atoms with Crippen LogP contribution in [-0.4, -0.2) is 43.7 Å². The van der Waals surface area contributed by atoms with Crippen molar-refractivity contribution < 1.29 is 24.1 Å². The van der Waals surface area contributed by atoms with Gasteiger partial charge < -0.3 is 19.3 Å². The molecule has 8 heteroatoms. The Kier molecular flexibility index (Phi) is 7.95. The van der Waals surface area contributed by atoms with Crippen LogP contribution in [0.25, 0.3) is 10.4 Å². The number of hydrogen-bond acceptors (Lipinski definition) is 6. The first-order valence-corrected chi connectivity index (χ1v) is 6.60. The fourth-order valence-electron chi connectivity index (χ4n) is 1.77. The van der Waals surface area contributed by atoms with Gasteiger partial charge in [0.05, 0.1) is 6.10 Å². The monoisotopic (exact) mass is 309 g/mol. The second-order valence-electron chi connectivity index (χ2n) is 4.45. The van der Waals surface area contributed by atoms with E-state index >= 15 is 0 Å². The third-order valence-corrected chi connectivity index (χ3v) is 2.97. The molecule has 1 aromatic carbocycles. The molecule has 0 aromatic heterocycles. The van der Waals surface area contributed by atoms with E-state index in [1.54, 1.807) is 12.1 Å². The van der Waals surface area contributed by atoms with E-state index in [9.17, 15) is 9.90 Å². The molecule has 2 atom stereocenters. The van der Waals surface area contributed by atoms with Gasteiger partial charge in [0.15, 0.2) is 12.3 Å². The summed E-state index contributed by atoms with van der Waals surface area (Å²) in [5.41, 5.74) is 9.33. The van der Waals surface area contributed by atoms with Gasteiger partial charge in [0, 0.05) is 25.6 Å². The number of carbonyl (C=O) groups is 1. The molecule has 0 aliphatic carbocycles. The molecular formula is C14H19N3O5. The first kappa shape index (κ1) is 17.9. The fourth-order valence-corrected chi connectivity index (χ4v) is 1.77. The smallest absolute Gasteiger partial charge is 0.317 e. The lowest BCUT2D eigenvalue weighted by molar-refractivity contribution is -0.153. The topological polar surface area (TPSA) is 114 Å². The van der Waals surface area contributed by atoms with Crippen LogP contribution in [0.15, 0.2) is 35.4 Å². The lowest BCUT2D eigenvalue weighted by atomic mass is 10.1. The maximum atomic E-state index is 12.0. The van der Waals surface area contributed by atoms with Gasteiger partial charge in [0.2, 0.25) is 0 Å². The van der Waals surface area contributed by atoms with Crippen LogP contribution in [0.2, 0.25) is 0 Å². The van der Waals surface area contributed by atoms with Crippen molar-refractivity contribution in [1.82, 2.24) is 0 Å². The Balaban J connectivity index is 2.64. The number of aliphatic hydroxyl groups excluding tert-OH is 1. The van der Waals surface area contributed by atoms with Crippen molar-refractivity contribution in [2.75, 3.05) is 14.2 Å². The van der Waals surface area contributed by atoms with Crippen LogP contribution < -0.4 is 0 Å². The van der Waals surface area contributed by atoms with Crippen molar-refractivity contribution in [2.45, 2.75) is 31.5 Å². The van der Waals surface area contributed by atoms with E-state index in [4.69, 9.17) is 19.7 Å². The van der Waals surface area contributed by atoms with Crippen molar-refractivity contribution in [3.63, 3.8) is 0 Å². The molecule has 0 aliphatic rings. The van der Waals surface area contributed by atoms with Crippen LogP contribution in [-0.2, 0) is 25.6 Å². The molecule has 0 fully saturated rings. The average Bonchev–Trinajstić information content (AvgIpc) is 2.56. The fraction of sp³-hybridized carbons (Fsp3) is 0.500. The van der Waals surface area contributed by atoms with E-state index in [1.165, 1.54) is 14.2 Å². The zero-order chi connectivity index (χ0) is 16.4. The number of carbonyl (C=O) groups excluding carboxylic acids is 1. The van der Waals surface area contributed by atoms with Gasteiger partial charge in [-0.1, -0.05) is 35.4 Å². The van der Waals surface area contributed by atoms with Crippen molar-refractivity contribution >= 4 is 5.97 Å². The van der Waals surface area contributed by atoms with Crippen LogP contribution in [0.4, 0.5) is 0 Å². The summed E-state index contributed by atoms with van der Waals surface area (Å²) in [5, 5.41) is 13.3. The number of methoxy groups -OCH3 is 2. The SMILES string of the molecule is COC(C[C@H](O)[C@H](N=[N+]=[N-])C(=O)OCc1ccccc1)OC. The van der Waals surface area contributed by atoms with Crippen LogP contribution in [0.3, 0.4) is 0 Å². The molecule has 1 N–H and O–H groups in total. The third-order valence-electron chi connectivity index (χ3n) is 2.97. The highest BCUT2D eigenvalue weighted by atomic mass is 16.7. The third kappa shape index (κ3) is 5.71. The number of hydrogen-bond donors (Lipinski definition) is 1. The molecule has 1 rings (SSSR count). The molecule has 0 saturated heterocycles. The highest BCUT2D eigenvalue weighted by Gasteiger charge is 2.29. The van der Waals surface area contributed by atoms with Gasteiger partial charge in [-0.25, -0.2) is 0 Å². The molecule has 0 heterocycles. The summed E-state index contributed by atoms with van der Waals surface area (Å²) in [4.78, 5) is 14.6. The molecule has 0 radical (unpaired) electrons. The van der Waals surface area contributed by atoms with Crippen LogP contribution in [0, 0.1) is 0 Å². The van der Waals surface area contributed by atoms with Crippen LogP contribution in [0.5, 0.6) is 0 Å². The zero-order valence-electron chi connectivity index (χ0n) is 12.5. The lowest BCUT2D eigenvalue weighted by Gasteiger charge is -2.21. The molecule has 22 heavy (non-hydrogen) atoms. The van der Waals surface area contributed by atoms with E-state index in [-0.39, 0.29) is 13.0 Å². The van der Waals surface area contributed by atoms with Crippen molar-refractivity contribution in [1.29, 1.82) is 0 Å². The Bertz CT molecular complexity index is 500. The highest BCUT2D eigenvalue weighted by molar-refractivity contribution is 5.76. The molecule has 8 nitrogen and oxygen atoms in total. The Morgan fingerprint density at radius 3 is 2.50 bits per heavy atom. The van der Waals surface area contributed by atoms with E-state index < -0.39 is 24.4 Å². The largest absolute Gasteiger partial charge is 0.460 e. The number of nitrogens with zero attached hydrogens (tertiary/aromatic N) is 3. The highest BCUT2D eigenvalue weighted by Crippen LogP contribution is 2.12. The van der Waals surface area contributed by atoms with Gasteiger partial charge in [-0.15, -0.1) is 0 Å². The minimum Gasteiger partial charge on any atom is -0.460 e.